The summed E-state index contributed by atoms with van der Waals surface area (Å²) in [5.41, 5.74) is 5.41. The van der Waals surface area contributed by atoms with E-state index in [4.69, 9.17) is 22.4 Å². The van der Waals surface area contributed by atoms with Crippen LogP contribution >= 0.6 is 11.6 Å². The van der Waals surface area contributed by atoms with Gasteiger partial charge in [0.1, 0.15) is 5.82 Å². The molecule has 13 heavy (non-hydrogen) atoms. The highest BCUT2D eigenvalue weighted by atomic mass is 35.5. The van der Waals surface area contributed by atoms with Crippen LogP contribution in [-0.4, -0.2) is 11.1 Å². The second-order valence-electron chi connectivity index (χ2n) is 2.53. The molecule has 1 aromatic carbocycles. The van der Waals surface area contributed by atoms with E-state index in [2.05, 4.69) is 0 Å². The third kappa shape index (κ3) is 2.32. The van der Waals surface area contributed by atoms with Crippen molar-refractivity contribution in [1.82, 2.24) is 0 Å². The molecule has 0 radical (unpaired) electrons. The number of aliphatic carboxylic acids is 1. The Kier molecular flexibility index (Phi) is 2.72. The van der Waals surface area contributed by atoms with Crippen LogP contribution in [0.4, 0.5) is 10.1 Å². The molecule has 0 amide bonds. The highest BCUT2D eigenvalue weighted by Crippen LogP contribution is 2.22. The molecule has 0 unspecified atom stereocenters. The summed E-state index contributed by atoms with van der Waals surface area (Å²) in [6.45, 7) is 0. The molecule has 1 rings (SSSR count). The number of halogens is 2. The SMILES string of the molecule is Nc1cc(Cl)cc(F)c1CC(=O)O. The van der Waals surface area contributed by atoms with Gasteiger partial charge >= 0.3 is 5.97 Å². The Bertz CT molecular complexity index is 331. The quantitative estimate of drug-likeness (QED) is 0.719. The number of rotatable bonds is 2. The minimum absolute atomic E-state index is 0.0306. The van der Waals surface area contributed by atoms with E-state index in [0.717, 1.165) is 6.07 Å². The van der Waals surface area contributed by atoms with Crippen LogP contribution in [0.5, 0.6) is 0 Å². The first kappa shape index (κ1) is 9.80. The first-order valence-corrected chi connectivity index (χ1v) is 3.83. The van der Waals surface area contributed by atoms with E-state index in [1.54, 1.807) is 0 Å². The molecule has 0 aromatic heterocycles. The molecule has 0 spiro atoms. The molecule has 3 nitrogen and oxygen atoms in total. The van der Waals surface area contributed by atoms with Crippen molar-refractivity contribution in [2.24, 2.45) is 0 Å². The van der Waals surface area contributed by atoms with Crippen molar-refractivity contribution in [3.63, 3.8) is 0 Å². The van der Waals surface area contributed by atoms with Gasteiger partial charge in [-0.3, -0.25) is 4.79 Å². The van der Waals surface area contributed by atoms with E-state index < -0.39 is 18.2 Å². The monoisotopic (exact) mass is 203 g/mol. The summed E-state index contributed by atoms with van der Waals surface area (Å²) < 4.78 is 13.0. The number of nitrogen functional groups attached to an aromatic ring is 1. The lowest BCUT2D eigenvalue weighted by Gasteiger charge is -2.04. The van der Waals surface area contributed by atoms with E-state index in [-0.39, 0.29) is 16.3 Å². The van der Waals surface area contributed by atoms with Crippen LogP contribution in [0.3, 0.4) is 0 Å². The lowest BCUT2D eigenvalue weighted by atomic mass is 10.1. The van der Waals surface area contributed by atoms with Crippen molar-refractivity contribution in [1.29, 1.82) is 0 Å². The summed E-state index contributed by atoms with van der Waals surface area (Å²) in [5.74, 6) is -1.82. The average Bonchev–Trinajstić information content (AvgIpc) is 1.96. The van der Waals surface area contributed by atoms with Crippen LogP contribution in [0, 0.1) is 5.82 Å². The molecule has 1 aromatic rings. The Morgan fingerprint density at radius 3 is 2.69 bits per heavy atom. The van der Waals surface area contributed by atoms with Gasteiger partial charge in [0, 0.05) is 16.3 Å². The Morgan fingerprint density at radius 2 is 2.23 bits per heavy atom. The lowest BCUT2D eigenvalue weighted by Crippen LogP contribution is -2.06. The number of hydrogen-bond acceptors (Lipinski definition) is 2. The third-order valence-electron chi connectivity index (χ3n) is 1.52. The largest absolute Gasteiger partial charge is 0.481 e. The molecular formula is C8H7ClFNO2. The maximum absolute atomic E-state index is 13.0. The zero-order chi connectivity index (χ0) is 10.0. The molecule has 0 atom stereocenters. The van der Waals surface area contributed by atoms with Crippen molar-refractivity contribution in [2.75, 3.05) is 5.73 Å². The normalized spacial score (nSPS) is 10.0. The lowest BCUT2D eigenvalue weighted by molar-refractivity contribution is -0.136. The Labute approximate surface area is 78.9 Å². The first-order valence-electron chi connectivity index (χ1n) is 3.46. The van der Waals surface area contributed by atoms with Gasteiger partial charge < -0.3 is 10.8 Å². The fraction of sp³-hybridized carbons (Fsp3) is 0.125. The second kappa shape index (κ2) is 3.62. The van der Waals surface area contributed by atoms with E-state index in [1.807, 2.05) is 0 Å². The molecule has 0 fully saturated rings. The van der Waals surface area contributed by atoms with Gasteiger partial charge in [-0.05, 0) is 12.1 Å². The number of carboxylic acid groups (broad SMARTS) is 1. The van der Waals surface area contributed by atoms with Gasteiger partial charge in [-0.15, -0.1) is 0 Å². The van der Waals surface area contributed by atoms with E-state index in [1.165, 1.54) is 6.07 Å². The van der Waals surface area contributed by atoms with Gasteiger partial charge in [-0.25, -0.2) is 4.39 Å². The maximum Gasteiger partial charge on any atom is 0.308 e. The van der Waals surface area contributed by atoms with Crippen molar-refractivity contribution in [2.45, 2.75) is 6.42 Å². The van der Waals surface area contributed by atoms with E-state index >= 15 is 0 Å². The van der Waals surface area contributed by atoms with Crippen molar-refractivity contribution >= 4 is 23.3 Å². The first-order chi connectivity index (χ1) is 6.00. The summed E-state index contributed by atoms with van der Waals surface area (Å²) in [6.07, 6.45) is -0.436. The Hall–Kier alpha value is -1.29. The van der Waals surface area contributed by atoms with Gasteiger partial charge in [-0.2, -0.15) is 0 Å². The molecule has 0 aliphatic rings. The summed E-state index contributed by atoms with van der Waals surface area (Å²) >= 11 is 5.49. The number of anilines is 1. The summed E-state index contributed by atoms with van der Waals surface area (Å²) in [6, 6.07) is 2.36. The van der Waals surface area contributed by atoms with Gasteiger partial charge in [0.05, 0.1) is 6.42 Å². The van der Waals surface area contributed by atoms with E-state index in [0.29, 0.717) is 0 Å². The van der Waals surface area contributed by atoms with Gasteiger partial charge in [0.2, 0.25) is 0 Å². The second-order valence-corrected chi connectivity index (χ2v) is 2.96. The Morgan fingerprint density at radius 1 is 1.62 bits per heavy atom. The van der Waals surface area contributed by atoms with E-state index in [9.17, 15) is 9.18 Å². The van der Waals surface area contributed by atoms with Crippen LogP contribution in [-0.2, 0) is 11.2 Å². The summed E-state index contributed by atoms with van der Waals surface area (Å²) in [7, 11) is 0. The highest BCUT2D eigenvalue weighted by Gasteiger charge is 2.11. The minimum atomic E-state index is -1.13. The van der Waals surface area contributed by atoms with Gasteiger partial charge in [0.15, 0.2) is 0 Å². The van der Waals surface area contributed by atoms with Crippen LogP contribution in [0.2, 0.25) is 5.02 Å². The fourth-order valence-corrected chi connectivity index (χ4v) is 1.17. The summed E-state index contributed by atoms with van der Waals surface area (Å²) in [4.78, 5) is 10.3. The van der Waals surface area contributed by atoms with Crippen LogP contribution in [0.15, 0.2) is 12.1 Å². The molecule has 0 heterocycles. The standard InChI is InChI=1S/C8H7ClFNO2/c9-4-1-6(10)5(3-8(12)13)7(11)2-4/h1-2H,3,11H2,(H,12,13). The predicted molar refractivity (Wildman–Crippen MR) is 47.2 cm³/mol. The highest BCUT2D eigenvalue weighted by molar-refractivity contribution is 6.30. The number of nitrogens with two attached hydrogens (primary N) is 1. The molecule has 0 bridgehead atoms. The number of carbonyl (C=O) groups is 1. The minimum Gasteiger partial charge on any atom is -0.481 e. The molecule has 70 valence electrons. The predicted octanol–water partition coefficient (Wildman–Crippen LogP) is 1.69. The van der Waals surface area contributed by atoms with Crippen LogP contribution in [0.1, 0.15) is 5.56 Å². The average molecular weight is 204 g/mol. The Balaban J connectivity index is 3.13. The van der Waals surface area contributed by atoms with Crippen molar-refractivity contribution in [3.8, 4) is 0 Å². The molecular weight excluding hydrogens is 197 g/mol. The zero-order valence-electron chi connectivity index (χ0n) is 6.55. The summed E-state index contributed by atoms with van der Waals surface area (Å²) in [5, 5.41) is 8.59. The maximum atomic E-state index is 13.0. The van der Waals surface area contributed by atoms with Gasteiger partial charge in [-0.1, -0.05) is 11.6 Å². The van der Waals surface area contributed by atoms with Crippen molar-refractivity contribution < 1.29 is 14.3 Å². The third-order valence-corrected chi connectivity index (χ3v) is 1.74. The molecule has 0 saturated carbocycles. The number of benzene rings is 1. The number of carboxylic acids is 1. The molecule has 5 heteroatoms. The molecule has 3 N–H and O–H groups in total. The molecule has 0 saturated heterocycles. The van der Waals surface area contributed by atoms with Crippen molar-refractivity contribution in [3.05, 3.63) is 28.5 Å². The number of hydrogen-bond donors (Lipinski definition) is 2. The smallest absolute Gasteiger partial charge is 0.308 e. The van der Waals surface area contributed by atoms with Gasteiger partial charge in [0.25, 0.3) is 0 Å². The zero-order valence-corrected chi connectivity index (χ0v) is 7.31. The molecule has 0 aliphatic heterocycles. The fourth-order valence-electron chi connectivity index (χ4n) is 0.961. The van der Waals surface area contributed by atoms with Crippen LogP contribution in [0.25, 0.3) is 0 Å². The van der Waals surface area contributed by atoms with Crippen LogP contribution < -0.4 is 5.73 Å². The topological polar surface area (TPSA) is 63.3 Å². The molecule has 0 aliphatic carbocycles.